The Kier molecular flexibility index (Phi) is 4.02. The molecule has 0 aliphatic heterocycles. The minimum atomic E-state index is -0.936. The smallest absolute Gasteiger partial charge is 0.119 e. The van der Waals surface area contributed by atoms with Gasteiger partial charge in [0.05, 0.1) is 12.4 Å². The fourth-order valence-electron chi connectivity index (χ4n) is 2.61. The molecule has 0 saturated carbocycles. The molecular formula is C15H23NO2S. The van der Waals surface area contributed by atoms with Crippen LogP contribution in [-0.4, -0.2) is 21.3 Å². The molecule has 3 nitrogen and oxygen atoms in total. The van der Waals surface area contributed by atoms with Crippen LogP contribution in [0.2, 0.25) is 0 Å². The molecule has 0 heterocycles. The van der Waals surface area contributed by atoms with Gasteiger partial charge in [-0.3, -0.25) is 4.21 Å². The fourth-order valence-corrected chi connectivity index (χ4v) is 4.26. The van der Waals surface area contributed by atoms with Gasteiger partial charge in [-0.05, 0) is 56.9 Å². The van der Waals surface area contributed by atoms with Gasteiger partial charge in [-0.25, -0.2) is 0 Å². The number of aryl methyl sites for hydroxylation is 1. The lowest BCUT2D eigenvalue weighted by molar-refractivity contribution is 0.412. The van der Waals surface area contributed by atoms with Crippen LogP contribution >= 0.6 is 0 Å². The highest BCUT2D eigenvalue weighted by atomic mass is 32.2. The van der Waals surface area contributed by atoms with Crippen molar-refractivity contribution in [2.24, 2.45) is 5.73 Å². The van der Waals surface area contributed by atoms with E-state index in [2.05, 4.69) is 6.07 Å². The van der Waals surface area contributed by atoms with Gasteiger partial charge < -0.3 is 10.5 Å². The number of methoxy groups -OCH3 is 1. The van der Waals surface area contributed by atoms with E-state index in [4.69, 9.17) is 10.5 Å². The van der Waals surface area contributed by atoms with Crippen molar-refractivity contribution in [1.29, 1.82) is 0 Å². The van der Waals surface area contributed by atoms with Gasteiger partial charge in [0.2, 0.25) is 0 Å². The molecular weight excluding hydrogens is 258 g/mol. The second kappa shape index (κ2) is 5.25. The molecule has 106 valence electrons. The molecule has 3 unspecified atom stereocenters. The first-order valence-electron chi connectivity index (χ1n) is 6.67. The minimum absolute atomic E-state index is 0.0274. The van der Waals surface area contributed by atoms with Crippen molar-refractivity contribution in [3.8, 4) is 5.75 Å². The molecule has 1 aliphatic carbocycles. The van der Waals surface area contributed by atoms with Crippen LogP contribution in [0.1, 0.15) is 44.4 Å². The normalized spacial score (nSPS) is 24.7. The third-order valence-electron chi connectivity index (χ3n) is 3.69. The lowest BCUT2D eigenvalue weighted by Crippen LogP contribution is -2.41. The summed E-state index contributed by atoms with van der Waals surface area (Å²) in [6.45, 7) is 6.03. The van der Waals surface area contributed by atoms with Gasteiger partial charge in [0.15, 0.2) is 0 Å². The molecule has 1 aromatic carbocycles. The van der Waals surface area contributed by atoms with Crippen LogP contribution in [0.4, 0.5) is 0 Å². The number of rotatable bonds is 2. The maximum absolute atomic E-state index is 12.6. The first kappa shape index (κ1) is 14.5. The molecule has 1 aromatic rings. The molecule has 2 rings (SSSR count). The Hall–Kier alpha value is -0.870. The van der Waals surface area contributed by atoms with E-state index in [0.717, 1.165) is 24.2 Å². The van der Waals surface area contributed by atoms with Crippen LogP contribution in [0.25, 0.3) is 0 Å². The lowest BCUT2D eigenvalue weighted by atomic mass is 9.87. The lowest BCUT2D eigenvalue weighted by Gasteiger charge is -2.34. The summed E-state index contributed by atoms with van der Waals surface area (Å²) in [6.07, 6.45) is 1.84. The van der Waals surface area contributed by atoms with Crippen molar-refractivity contribution in [2.75, 3.05) is 7.11 Å². The molecule has 2 N–H and O–H groups in total. The molecule has 0 radical (unpaired) electrons. The molecule has 0 aromatic heterocycles. The van der Waals surface area contributed by atoms with Crippen LogP contribution in [-0.2, 0) is 17.2 Å². The van der Waals surface area contributed by atoms with Crippen molar-refractivity contribution < 1.29 is 8.95 Å². The molecule has 0 saturated heterocycles. The second-order valence-corrected chi connectivity index (χ2v) is 8.50. The standard InChI is InChI=1S/C15H23NO2S/c1-15(2,3)19(17)13-8-6-10-5-7-11(18-4)9-12(10)14(13)16/h5,7,9,13-14H,6,8,16H2,1-4H3. The number of benzene rings is 1. The van der Waals surface area contributed by atoms with E-state index < -0.39 is 10.8 Å². The average Bonchev–Trinajstić information content (AvgIpc) is 2.37. The van der Waals surface area contributed by atoms with Crippen molar-refractivity contribution in [2.45, 2.75) is 49.7 Å². The highest BCUT2D eigenvalue weighted by Gasteiger charge is 2.36. The van der Waals surface area contributed by atoms with E-state index in [1.54, 1.807) is 7.11 Å². The zero-order chi connectivity index (χ0) is 14.2. The van der Waals surface area contributed by atoms with Gasteiger partial charge in [0.1, 0.15) is 5.75 Å². The van der Waals surface area contributed by atoms with E-state index in [9.17, 15) is 4.21 Å². The molecule has 19 heavy (non-hydrogen) atoms. The van der Waals surface area contributed by atoms with Crippen LogP contribution in [0.5, 0.6) is 5.75 Å². The van der Waals surface area contributed by atoms with Gasteiger partial charge >= 0.3 is 0 Å². The predicted molar refractivity (Wildman–Crippen MR) is 79.9 cm³/mol. The Bertz CT molecular complexity index is 493. The summed E-state index contributed by atoms with van der Waals surface area (Å²) >= 11 is 0. The number of hydrogen-bond acceptors (Lipinski definition) is 3. The SMILES string of the molecule is COc1ccc2c(c1)C(N)C(S(=O)C(C)(C)C)CC2. The summed E-state index contributed by atoms with van der Waals surface area (Å²) in [5, 5.41) is 0.0274. The number of fused-ring (bicyclic) bond motifs is 1. The number of nitrogens with two attached hydrogens (primary N) is 1. The highest BCUT2D eigenvalue weighted by molar-refractivity contribution is 7.87. The zero-order valence-corrected chi connectivity index (χ0v) is 12.9. The Morgan fingerprint density at radius 3 is 2.63 bits per heavy atom. The third-order valence-corrected chi connectivity index (χ3v) is 5.98. The molecule has 4 heteroatoms. The largest absolute Gasteiger partial charge is 0.497 e. The average molecular weight is 281 g/mol. The van der Waals surface area contributed by atoms with Crippen molar-refractivity contribution in [1.82, 2.24) is 0 Å². The highest BCUT2D eigenvalue weighted by Crippen LogP contribution is 2.36. The molecule has 1 aliphatic rings. The van der Waals surface area contributed by atoms with E-state index in [1.165, 1.54) is 5.56 Å². The zero-order valence-electron chi connectivity index (χ0n) is 12.1. The predicted octanol–water partition coefficient (Wildman–Crippen LogP) is 2.56. The minimum Gasteiger partial charge on any atom is -0.497 e. The Morgan fingerprint density at radius 1 is 1.37 bits per heavy atom. The van der Waals surface area contributed by atoms with Gasteiger partial charge in [-0.15, -0.1) is 0 Å². The molecule has 0 spiro atoms. The molecule has 3 atom stereocenters. The monoisotopic (exact) mass is 281 g/mol. The molecule has 0 fully saturated rings. The quantitative estimate of drug-likeness (QED) is 0.906. The fraction of sp³-hybridized carbons (Fsp3) is 0.600. The van der Waals surface area contributed by atoms with E-state index >= 15 is 0 Å². The third kappa shape index (κ3) is 2.84. The van der Waals surface area contributed by atoms with Gasteiger partial charge in [0.25, 0.3) is 0 Å². The summed E-state index contributed by atoms with van der Waals surface area (Å²) in [7, 11) is 0.718. The first-order chi connectivity index (χ1) is 8.84. The number of hydrogen-bond donors (Lipinski definition) is 1. The van der Waals surface area contributed by atoms with Crippen molar-refractivity contribution >= 4 is 10.8 Å². The van der Waals surface area contributed by atoms with E-state index in [-0.39, 0.29) is 16.0 Å². The van der Waals surface area contributed by atoms with Gasteiger partial charge in [-0.1, -0.05) is 6.07 Å². The van der Waals surface area contributed by atoms with E-state index in [1.807, 2.05) is 32.9 Å². The van der Waals surface area contributed by atoms with E-state index in [0.29, 0.717) is 0 Å². The van der Waals surface area contributed by atoms with Crippen LogP contribution in [0.15, 0.2) is 18.2 Å². The summed E-state index contributed by atoms with van der Waals surface area (Å²) in [5.74, 6) is 0.816. The van der Waals surface area contributed by atoms with Crippen LogP contribution in [0.3, 0.4) is 0 Å². The Labute approximate surface area is 118 Å². The Morgan fingerprint density at radius 2 is 2.05 bits per heavy atom. The summed E-state index contributed by atoms with van der Waals surface area (Å²) in [5.41, 5.74) is 8.71. The maximum atomic E-state index is 12.6. The topological polar surface area (TPSA) is 52.3 Å². The number of ether oxygens (including phenoxy) is 1. The molecule has 0 amide bonds. The molecule has 0 bridgehead atoms. The maximum Gasteiger partial charge on any atom is 0.119 e. The van der Waals surface area contributed by atoms with Gasteiger partial charge in [-0.2, -0.15) is 0 Å². The summed E-state index contributed by atoms with van der Waals surface area (Å²) < 4.78 is 17.6. The van der Waals surface area contributed by atoms with Crippen molar-refractivity contribution in [3.05, 3.63) is 29.3 Å². The van der Waals surface area contributed by atoms with Crippen LogP contribution < -0.4 is 10.5 Å². The van der Waals surface area contributed by atoms with Crippen molar-refractivity contribution in [3.63, 3.8) is 0 Å². The summed E-state index contributed by atoms with van der Waals surface area (Å²) in [4.78, 5) is 0. The van der Waals surface area contributed by atoms with Gasteiger partial charge in [0, 0.05) is 21.6 Å². The first-order valence-corrected chi connectivity index (χ1v) is 7.89. The van der Waals surface area contributed by atoms with Crippen LogP contribution in [0, 0.1) is 0 Å². The Balaban J connectivity index is 2.33. The summed E-state index contributed by atoms with van der Waals surface area (Å²) in [6, 6.07) is 5.86. The second-order valence-electron chi connectivity index (χ2n) is 6.08.